The van der Waals surface area contributed by atoms with E-state index in [1.54, 1.807) is 7.05 Å². The molecule has 1 unspecified atom stereocenters. The summed E-state index contributed by atoms with van der Waals surface area (Å²) in [6, 6.07) is 7.84. The van der Waals surface area contributed by atoms with Crippen LogP contribution in [-0.4, -0.2) is 31.5 Å². The molecule has 1 aromatic carbocycles. The smallest absolute Gasteiger partial charge is 0.226 e. The first-order chi connectivity index (χ1) is 10.4. The molecule has 0 saturated heterocycles. The Balaban J connectivity index is 2.33. The first-order valence-corrected chi connectivity index (χ1v) is 8.24. The van der Waals surface area contributed by atoms with Crippen LogP contribution in [0, 0.1) is 5.92 Å². The van der Waals surface area contributed by atoms with Gasteiger partial charge in [0.2, 0.25) is 5.91 Å². The van der Waals surface area contributed by atoms with Gasteiger partial charge in [0.05, 0.1) is 0 Å². The third kappa shape index (κ3) is 6.93. The molecule has 0 heterocycles. The predicted octanol–water partition coefficient (Wildman–Crippen LogP) is 2.99. The van der Waals surface area contributed by atoms with Crippen molar-refractivity contribution in [3.8, 4) is 0 Å². The zero-order valence-electron chi connectivity index (χ0n) is 13.6. The molecule has 0 spiro atoms. The summed E-state index contributed by atoms with van der Waals surface area (Å²) in [4.78, 5) is 16.0. The fraction of sp³-hybridized carbons (Fsp3) is 0.500. The molecule has 0 aromatic heterocycles. The van der Waals surface area contributed by atoms with Crippen LogP contribution in [0.25, 0.3) is 0 Å². The summed E-state index contributed by atoms with van der Waals surface area (Å²) in [5, 5.41) is 9.31. The van der Waals surface area contributed by atoms with Crippen molar-refractivity contribution in [2.24, 2.45) is 10.9 Å². The van der Waals surface area contributed by atoms with Gasteiger partial charge < -0.3 is 16.0 Å². The van der Waals surface area contributed by atoms with Gasteiger partial charge in [0.1, 0.15) is 0 Å². The SMILES string of the molecule is CN=C(NCCC(=O)Nc1ccc(Br)cc1)NC(C)C(C)C. The Labute approximate surface area is 141 Å². The van der Waals surface area contributed by atoms with Crippen LogP contribution in [0.4, 0.5) is 5.69 Å². The number of nitrogens with one attached hydrogen (secondary N) is 3. The zero-order chi connectivity index (χ0) is 16.5. The number of guanidine groups is 1. The van der Waals surface area contributed by atoms with Crippen molar-refractivity contribution < 1.29 is 4.79 Å². The van der Waals surface area contributed by atoms with Gasteiger partial charge in [0.25, 0.3) is 0 Å². The number of carbonyl (C=O) groups is 1. The Hall–Kier alpha value is -1.56. The second-order valence-corrected chi connectivity index (χ2v) is 6.40. The largest absolute Gasteiger partial charge is 0.356 e. The summed E-state index contributed by atoms with van der Waals surface area (Å²) in [7, 11) is 1.73. The second-order valence-electron chi connectivity index (χ2n) is 5.48. The average molecular weight is 369 g/mol. The first kappa shape index (κ1) is 18.5. The number of rotatable bonds is 6. The highest BCUT2D eigenvalue weighted by Crippen LogP contribution is 2.14. The van der Waals surface area contributed by atoms with Gasteiger partial charge >= 0.3 is 0 Å². The van der Waals surface area contributed by atoms with E-state index < -0.39 is 0 Å². The molecular formula is C16H25BrN4O. The van der Waals surface area contributed by atoms with E-state index in [4.69, 9.17) is 0 Å². The number of hydrogen-bond acceptors (Lipinski definition) is 2. The summed E-state index contributed by atoms with van der Waals surface area (Å²) >= 11 is 3.36. The van der Waals surface area contributed by atoms with Crippen LogP contribution in [-0.2, 0) is 4.79 Å². The van der Waals surface area contributed by atoms with Gasteiger partial charge in [-0.1, -0.05) is 29.8 Å². The molecule has 22 heavy (non-hydrogen) atoms. The lowest BCUT2D eigenvalue weighted by Crippen LogP contribution is -2.44. The Morgan fingerprint density at radius 1 is 1.23 bits per heavy atom. The molecule has 0 aliphatic rings. The van der Waals surface area contributed by atoms with Gasteiger partial charge in [0, 0.05) is 36.2 Å². The second kappa shape index (κ2) is 9.46. The third-order valence-corrected chi connectivity index (χ3v) is 3.89. The minimum atomic E-state index is -0.0258. The third-order valence-electron chi connectivity index (χ3n) is 3.36. The van der Waals surface area contributed by atoms with Gasteiger partial charge in [-0.15, -0.1) is 0 Å². The molecule has 0 saturated carbocycles. The van der Waals surface area contributed by atoms with Gasteiger partial charge in [-0.05, 0) is 37.1 Å². The Morgan fingerprint density at radius 2 is 1.86 bits per heavy atom. The Morgan fingerprint density at radius 3 is 2.41 bits per heavy atom. The van der Waals surface area contributed by atoms with Crippen LogP contribution in [0.3, 0.4) is 0 Å². The lowest BCUT2D eigenvalue weighted by atomic mass is 10.1. The summed E-state index contributed by atoms with van der Waals surface area (Å²) in [6.07, 6.45) is 0.382. The number of anilines is 1. The fourth-order valence-electron chi connectivity index (χ4n) is 1.63. The molecule has 6 heteroatoms. The Kier molecular flexibility index (Phi) is 7.95. The minimum Gasteiger partial charge on any atom is -0.356 e. The van der Waals surface area contributed by atoms with E-state index in [2.05, 4.69) is 57.6 Å². The number of benzene rings is 1. The van der Waals surface area contributed by atoms with Gasteiger partial charge in [-0.2, -0.15) is 0 Å². The summed E-state index contributed by atoms with van der Waals surface area (Å²) in [5.41, 5.74) is 0.795. The van der Waals surface area contributed by atoms with Gasteiger partial charge in [-0.3, -0.25) is 9.79 Å². The van der Waals surface area contributed by atoms with Crippen molar-refractivity contribution in [2.45, 2.75) is 33.2 Å². The average Bonchev–Trinajstić information content (AvgIpc) is 2.48. The summed E-state index contributed by atoms with van der Waals surface area (Å²) < 4.78 is 0.987. The summed E-state index contributed by atoms with van der Waals surface area (Å²) in [5.74, 6) is 1.21. The highest BCUT2D eigenvalue weighted by molar-refractivity contribution is 9.10. The molecule has 1 aromatic rings. The molecule has 0 fully saturated rings. The highest BCUT2D eigenvalue weighted by atomic mass is 79.9. The van der Waals surface area contributed by atoms with E-state index >= 15 is 0 Å². The number of carbonyl (C=O) groups excluding carboxylic acids is 1. The van der Waals surface area contributed by atoms with Crippen molar-refractivity contribution in [1.82, 2.24) is 10.6 Å². The molecule has 0 aliphatic carbocycles. The maximum absolute atomic E-state index is 11.9. The van der Waals surface area contributed by atoms with Crippen molar-refractivity contribution in [3.63, 3.8) is 0 Å². The standard InChI is InChI=1S/C16H25BrN4O/c1-11(2)12(3)20-16(18-4)19-10-9-15(22)21-14-7-5-13(17)6-8-14/h5-8,11-12H,9-10H2,1-4H3,(H,21,22)(H2,18,19,20). The minimum absolute atomic E-state index is 0.0258. The van der Waals surface area contributed by atoms with Gasteiger partial charge in [0.15, 0.2) is 5.96 Å². The van der Waals surface area contributed by atoms with E-state index in [9.17, 15) is 4.79 Å². The zero-order valence-corrected chi connectivity index (χ0v) is 15.2. The van der Waals surface area contributed by atoms with E-state index in [1.807, 2.05) is 24.3 Å². The molecule has 3 N–H and O–H groups in total. The molecule has 0 bridgehead atoms. The summed E-state index contributed by atoms with van der Waals surface area (Å²) in [6.45, 7) is 6.94. The highest BCUT2D eigenvalue weighted by Gasteiger charge is 2.09. The van der Waals surface area contributed by atoms with Crippen LogP contribution >= 0.6 is 15.9 Å². The number of nitrogens with zero attached hydrogens (tertiary/aromatic N) is 1. The molecule has 5 nitrogen and oxygen atoms in total. The molecule has 1 amide bonds. The monoisotopic (exact) mass is 368 g/mol. The normalized spacial score (nSPS) is 12.9. The number of halogens is 1. The number of amides is 1. The van der Waals surface area contributed by atoms with E-state index in [1.165, 1.54) is 0 Å². The van der Waals surface area contributed by atoms with Crippen LogP contribution in [0.5, 0.6) is 0 Å². The van der Waals surface area contributed by atoms with Crippen LogP contribution in [0.1, 0.15) is 27.2 Å². The molecule has 0 radical (unpaired) electrons. The maximum Gasteiger partial charge on any atom is 0.226 e. The number of hydrogen-bond donors (Lipinski definition) is 3. The fourth-order valence-corrected chi connectivity index (χ4v) is 1.89. The molecule has 1 atom stereocenters. The number of aliphatic imine (C=N–C) groups is 1. The van der Waals surface area contributed by atoms with E-state index in [-0.39, 0.29) is 5.91 Å². The van der Waals surface area contributed by atoms with Crippen LogP contribution < -0.4 is 16.0 Å². The van der Waals surface area contributed by atoms with Crippen LogP contribution in [0.15, 0.2) is 33.7 Å². The van der Waals surface area contributed by atoms with E-state index in [0.717, 1.165) is 16.1 Å². The molecular weight excluding hydrogens is 344 g/mol. The van der Waals surface area contributed by atoms with Crippen LogP contribution in [0.2, 0.25) is 0 Å². The topological polar surface area (TPSA) is 65.5 Å². The van der Waals surface area contributed by atoms with Crippen molar-refractivity contribution in [3.05, 3.63) is 28.7 Å². The van der Waals surface area contributed by atoms with Crippen molar-refractivity contribution >= 4 is 33.5 Å². The first-order valence-electron chi connectivity index (χ1n) is 7.45. The molecule has 0 aliphatic heterocycles. The Bertz CT molecular complexity index is 499. The van der Waals surface area contributed by atoms with Crippen molar-refractivity contribution in [2.75, 3.05) is 18.9 Å². The lowest BCUT2D eigenvalue weighted by Gasteiger charge is -2.20. The molecule has 122 valence electrons. The molecule has 1 rings (SSSR count). The van der Waals surface area contributed by atoms with Gasteiger partial charge in [-0.25, -0.2) is 0 Å². The maximum atomic E-state index is 11.9. The van der Waals surface area contributed by atoms with E-state index in [0.29, 0.717) is 24.9 Å². The lowest BCUT2D eigenvalue weighted by molar-refractivity contribution is -0.116. The quantitative estimate of drug-likeness (QED) is 0.534. The van der Waals surface area contributed by atoms with Crippen molar-refractivity contribution in [1.29, 1.82) is 0 Å². The predicted molar refractivity (Wildman–Crippen MR) is 96.2 cm³/mol.